The van der Waals surface area contributed by atoms with Gasteiger partial charge in [0.25, 0.3) is 11.8 Å². The van der Waals surface area contributed by atoms with Gasteiger partial charge in [-0.3, -0.25) is 9.59 Å². The Bertz CT molecular complexity index is 801. The van der Waals surface area contributed by atoms with Gasteiger partial charge in [0, 0.05) is 25.7 Å². The molecule has 2 saturated heterocycles. The maximum absolute atomic E-state index is 12.9. The van der Waals surface area contributed by atoms with Crippen LogP contribution in [0, 0.1) is 0 Å². The quantitative estimate of drug-likeness (QED) is 0.778. The van der Waals surface area contributed by atoms with E-state index in [0.29, 0.717) is 13.0 Å². The topological polar surface area (TPSA) is 87.7 Å². The van der Waals surface area contributed by atoms with E-state index in [4.69, 9.17) is 0 Å². The van der Waals surface area contributed by atoms with E-state index in [1.807, 2.05) is 11.8 Å². The normalized spacial score (nSPS) is 22.3. The number of rotatable bonds is 4. The van der Waals surface area contributed by atoms with Crippen molar-refractivity contribution in [1.82, 2.24) is 14.8 Å². The molecule has 2 amide bonds. The summed E-state index contributed by atoms with van der Waals surface area (Å²) in [4.78, 5) is 33.4. The summed E-state index contributed by atoms with van der Waals surface area (Å²) in [6.07, 6.45) is 4.69. The van der Waals surface area contributed by atoms with E-state index in [1.165, 1.54) is 0 Å². The molecule has 7 nitrogen and oxygen atoms in total. The van der Waals surface area contributed by atoms with Crippen LogP contribution in [0.5, 0.6) is 0 Å². The molecule has 1 aromatic rings. The predicted octanol–water partition coefficient (Wildman–Crippen LogP) is 1.75. The molecule has 148 valence electrons. The number of carbonyl (C=O) groups is 2. The van der Waals surface area contributed by atoms with Crippen molar-refractivity contribution in [3.05, 3.63) is 29.6 Å². The number of amides is 2. The average molecular weight is 394 g/mol. The van der Waals surface area contributed by atoms with Crippen LogP contribution in [-0.2, 0) is 9.84 Å². The summed E-state index contributed by atoms with van der Waals surface area (Å²) in [5, 5.41) is 0. The number of pyridine rings is 1. The van der Waals surface area contributed by atoms with E-state index in [9.17, 15) is 18.0 Å². The summed E-state index contributed by atoms with van der Waals surface area (Å²) in [6, 6.07) is 4.58. The summed E-state index contributed by atoms with van der Waals surface area (Å²) in [5.74, 6) is -0.343. The van der Waals surface area contributed by atoms with Crippen LogP contribution in [0.4, 0.5) is 0 Å². The lowest BCUT2D eigenvalue weighted by Gasteiger charge is -2.26. The summed E-state index contributed by atoms with van der Waals surface area (Å²) in [6.45, 7) is 3.68. The number of hydrogen-bond donors (Lipinski definition) is 0. The van der Waals surface area contributed by atoms with Crippen molar-refractivity contribution in [3.8, 4) is 0 Å². The monoisotopic (exact) mass is 393 g/mol. The van der Waals surface area contributed by atoms with Crippen molar-refractivity contribution in [2.24, 2.45) is 0 Å². The van der Waals surface area contributed by atoms with Crippen molar-refractivity contribution in [2.45, 2.75) is 45.1 Å². The zero-order valence-electron chi connectivity index (χ0n) is 15.8. The predicted molar refractivity (Wildman–Crippen MR) is 102 cm³/mol. The van der Waals surface area contributed by atoms with Gasteiger partial charge in [-0.25, -0.2) is 13.4 Å². The van der Waals surface area contributed by atoms with Gasteiger partial charge in [-0.05, 0) is 38.3 Å². The maximum atomic E-state index is 12.9. The van der Waals surface area contributed by atoms with Gasteiger partial charge in [-0.2, -0.15) is 0 Å². The molecule has 1 unspecified atom stereocenters. The zero-order valence-corrected chi connectivity index (χ0v) is 16.6. The van der Waals surface area contributed by atoms with Crippen LogP contribution in [0.1, 0.15) is 60.0 Å². The van der Waals surface area contributed by atoms with Gasteiger partial charge < -0.3 is 9.80 Å². The highest BCUT2D eigenvalue weighted by Gasteiger charge is 2.34. The lowest BCUT2D eigenvalue weighted by molar-refractivity contribution is 0.0701. The van der Waals surface area contributed by atoms with Gasteiger partial charge in [0.2, 0.25) is 0 Å². The van der Waals surface area contributed by atoms with E-state index in [2.05, 4.69) is 4.98 Å². The number of aromatic nitrogens is 1. The molecule has 0 aromatic carbocycles. The molecule has 1 aromatic heterocycles. The van der Waals surface area contributed by atoms with Crippen molar-refractivity contribution >= 4 is 21.7 Å². The highest BCUT2D eigenvalue weighted by atomic mass is 32.2. The Kier molecular flexibility index (Phi) is 6.14. The number of carbonyl (C=O) groups excluding carboxylic acids is 2. The van der Waals surface area contributed by atoms with Crippen molar-refractivity contribution in [2.75, 3.05) is 31.1 Å². The lowest BCUT2D eigenvalue weighted by atomic mass is 10.2. The third kappa shape index (κ3) is 4.66. The average Bonchev–Trinajstić information content (AvgIpc) is 2.87. The first-order valence-electron chi connectivity index (χ1n) is 9.69. The van der Waals surface area contributed by atoms with Crippen LogP contribution >= 0.6 is 0 Å². The van der Waals surface area contributed by atoms with E-state index in [0.717, 1.165) is 38.8 Å². The molecular weight excluding hydrogens is 366 g/mol. The van der Waals surface area contributed by atoms with Crippen LogP contribution < -0.4 is 0 Å². The molecule has 3 heterocycles. The molecule has 0 radical (unpaired) electrons. The Morgan fingerprint density at radius 3 is 2.41 bits per heavy atom. The number of hydrogen-bond acceptors (Lipinski definition) is 5. The first kappa shape index (κ1) is 19.8. The van der Waals surface area contributed by atoms with Crippen LogP contribution in [-0.4, -0.2) is 72.2 Å². The van der Waals surface area contributed by atoms with Crippen molar-refractivity contribution in [3.63, 3.8) is 0 Å². The van der Waals surface area contributed by atoms with Gasteiger partial charge >= 0.3 is 0 Å². The highest BCUT2D eigenvalue weighted by molar-refractivity contribution is 7.91. The third-order valence-electron chi connectivity index (χ3n) is 5.33. The molecule has 0 saturated carbocycles. The first-order chi connectivity index (χ1) is 12.9. The minimum absolute atomic E-state index is 0.00101. The fourth-order valence-corrected chi connectivity index (χ4v) is 5.58. The molecular formula is C19H27N3O4S. The van der Waals surface area contributed by atoms with Gasteiger partial charge in [0.1, 0.15) is 11.4 Å². The minimum Gasteiger partial charge on any atom is -0.337 e. The second kappa shape index (κ2) is 8.37. The number of nitrogens with zero attached hydrogens (tertiary/aromatic N) is 3. The second-order valence-corrected chi connectivity index (χ2v) is 9.49. The van der Waals surface area contributed by atoms with Gasteiger partial charge in [0.05, 0.1) is 11.5 Å². The fraction of sp³-hybridized carbons (Fsp3) is 0.632. The summed E-state index contributed by atoms with van der Waals surface area (Å²) in [7, 11) is -3.08. The Labute approximate surface area is 160 Å². The molecule has 2 aliphatic rings. The van der Waals surface area contributed by atoms with Gasteiger partial charge in [0.15, 0.2) is 9.84 Å². The maximum Gasteiger partial charge on any atom is 0.272 e. The zero-order chi connectivity index (χ0) is 19.4. The van der Waals surface area contributed by atoms with Gasteiger partial charge in [-0.1, -0.05) is 18.9 Å². The number of sulfone groups is 1. The second-order valence-electron chi connectivity index (χ2n) is 7.26. The summed E-state index contributed by atoms with van der Waals surface area (Å²) < 4.78 is 23.5. The Morgan fingerprint density at radius 1 is 1.15 bits per heavy atom. The van der Waals surface area contributed by atoms with E-state index < -0.39 is 9.84 Å². The summed E-state index contributed by atoms with van der Waals surface area (Å²) in [5.41, 5.74) is 0.472. The smallest absolute Gasteiger partial charge is 0.272 e. The molecule has 27 heavy (non-hydrogen) atoms. The first-order valence-corrected chi connectivity index (χ1v) is 11.5. The van der Waals surface area contributed by atoms with Crippen LogP contribution in [0.25, 0.3) is 0 Å². The Morgan fingerprint density at radius 2 is 1.81 bits per heavy atom. The largest absolute Gasteiger partial charge is 0.337 e. The summed E-state index contributed by atoms with van der Waals surface area (Å²) >= 11 is 0. The van der Waals surface area contributed by atoms with Crippen LogP contribution in [0.2, 0.25) is 0 Å². The molecule has 0 aliphatic carbocycles. The molecule has 2 fully saturated rings. The third-order valence-corrected chi connectivity index (χ3v) is 7.08. The highest BCUT2D eigenvalue weighted by Crippen LogP contribution is 2.20. The molecule has 0 N–H and O–H groups in total. The van der Waals surface area contributed by atoms with Crippen LogP contribution in [0.3, 0.4) is 0 Å². The Hall–Kier alpha value is -1.96. The Balaban J connectivity index is 1.77. The SMILES string of the molecule is CCN(C(=O)c1cccc(C(=O)N2CCCCCC2)n1)C1CCS(=O)(=O)C1. The molecule has 0 bridgehead atoms. The van der Waals surface area contributed by atoms with E-state index in [-0.39, 0.29) is 40.7 Å². The fourth-order valence-electron chi connectivity index (χ4n) is 3.84. The molecule has 0 spiro atoms. The van der Waals surface area contributed by atoms with E-state index in [1.54, 1.807) is 23.1 Å². The molecule has 1 atom stereocenters. The molecule has 3 rings (SSSR count). The van der Waals surface area contributed by atoms with Crippen LogP contribution in [0.15, 0.2) is 18.2 Å². The minimum atomic E-state index is -3.08. The van der Waals surface area contributed by atoms with Gasteiger partial charge in [-0.15, -0.1) is 0 Å². The standard InChI is InChI=1S/C19H27N3O4S/c1-2-22(15-10-13-27(25,26)14-15)19(24)17-9-7-8-16(20-17)18(23)21-11-5-3-4-6-12-21/h7-9,15H,2-6,10-14H2,1H3. The number of likely N-dealkylation sites (tertiary alicyclic amines) is 1. The van der Waals surface area contributed by atoms with Crippen molar-refractivity contribution in [1.29, 1.82) is 0 Å². The molecule has 8 heteroatoms. The van der Waals surface area contributed by atoms with E-state index >= 15 is 0 Å². The van der Waals surface area contributed by atoms with Crippen molar-refractivity contribution < 1.29 is 18.0 Å². The lowest BCUT2D eigenvalue weighted by Crippen LogP contribution is -2.41. The molecule has 2 aliphatic heterocycles.